The number of aliphatic hydroxyl groups is 1. The molecule has 2 aliphatic rings. The van der Waals surface area contributed by atoms with Crippen molar-refractivity contribution in [2.75, 3.05) is 0 Å². The number of ketones is 1. The second kappa shape index (κ2) is 2.84. The summed E-state index contributed by atoms with van der Waals surface area (Å²) in [5.74, 6) is 1.59. The minimum Gasteiger partial charge on any atom is -0.393 e. The molecule has 0 aliphatic heterocycles. The number of rotatable bonds is 1. The fourth-order valence-electron chi connectivity index (χ4n) is 2.85. The smallest absolute Gasteiger partial charge is 0.139 e. The molecule has 4 atom stereocenters. The summed E-state index contributed by atoms with van der Waals surface area (Å²) in [6.07, 6.45) is 3.47. The molecule has 12 heavy (non-hydrogen) atoms. The second-order valence-electron chi connectivity index (χ2n) is 4.15. The number of carbonyl (C=O) groups excluding carboxylic acids is 1. The van der Waals surface area contributed by atoms with E-state index in [2.05, 4.69) is 6.92 Å². The van der Waals surface area contributed by atoms with Gasteiger partial charge in [0.05, 0.1) is 6.10 Å². The molecular formula is C10H16O2. The summed E-state index contributed by atoms with van der Waals surface area (Å²) >= 11 is 0. The zero-order valence-electron chi connectivity index (χ0n) is 7.49. The van der Waals surface area contributed by atoms with Crippen molar-refractivity contribution in [3.8, 4) is 0 Å². The molecule has 0 heterocycles. The van der Waals surface area contributed by atoms with Crippen LogP contribution in [-0.4, -0.2) is 17.0 Å². The molecule has 0 radical (unpaired) electrons. The average Bonchev–Trinajstić information content (AvgIpc) is 2.05. The lowest BCUT2D eigenvalue weighted by Crippen LogP contribution is -2.51. The van der Waals surface area contributed by atoms with Gasteiger partial charge in [0.15, 0.2) is 0 Å². The third-order valence-corrected chi connectivity index (χ3v) is 3.56. The summed E-state index contributed by atoms with van der Waals surface area (Å²) in [6.45, 7) is 2.07. The van der Waals surface area contributed by atoms with Gasteiger partial charge in [-0.25, -0.2) is 0 Å². The maximum absolute atomic E-state index is 11.5. The average molecular weight is 168 g/mol. The minimum absolute atomic E-state index is 0.131. The quantitative estimate of drug-likeness (QED) is 0.642. The molecule has 2 nitrogen and oxygen atoms in total. The van der Waals surface area contributed by atoms with E-state index in [0.29, 0.717) is 17.6 Å². The summed E-state index contributed by atoms with van der Waals surface area (Å²) < 4.78 is 0. The topological polar surface area (TPSA) is 37.3 Å². The van der Waals surface area contributed by atoms with Gasteiger partial charge in [-0.05, 0) is 31.6 Å². The highest BCUT2D eigenvalue weighted by Gasteiger charge is 2.50. The zero-order valence-corrected chi connectivity index (χ0v) is 7.49. The van der Waals surface area contributed by atoms with Crippen molar-refractivity contribution in [1.82, 2.24) is 0 Å². The lowest BCUT2D eigenvalue weighted by Gasteiger charge is -2.47. The van der Waals surface area contributed by atoms with Crippen molar-refractivity contribution < 1.29 is 9.90 Å². The van der Waals surface area contributed by atoms with E-state index in [0.717, 1.165) is 25.7 Å². The Balaban J connectivity index is 2.03. The van der Waals surface area contributed by atoms with Crippen LogP contribution in [0.2, 0.25) is 0 Å². The molecule has 0 amide bonds. The van der Waals surface area contributed by atoms with Gasteiger partial charge in [0, 0.05) is 11.8 Å². The molecule has 0 saturated heterocycles. The Kier molecular flexibility index (Phi) is 1.95. The third kappa shape index (κ3) is 1.01. The first-order valence-corrected chi connectivity index (χ1v) is 4.95. The minimum atomic E-state index is -0.131. The molecule has 0 aromatic carbocycles. The van der Waals surface area contributed by atoms with Crippen LogP contribution in [0.25, 0.3) is 0 Å². The summed E-state index contributed by atoms with van der Waals surface area (Å²) in [5, 5.41) is 9.42. The predicted molar refractivity (Wildman–Crippen MR) is 45.6 cm³/mol. The molecule has 1 N–H and O–H groups in total. The molecule has 2 saturated carbocycles. The van der Waals surface area contributed by atoms with E-state index >= 15 is 0 Å². The van der Waals surface area contributed by atoms with Crippen molar-refractivity contribution >= 4 is 5.78 Å². The highest BCUT2D eigenvalue weighted by molar-refractivity contribution is 5.90. The number of fused-ring (bicyclic) bond motifs is 1. The van der Waals surface area contributed by atoms with E-state index in [1.807, 2.05) is 0 Å². The Morgan fingerprint density at radius 2 is 2.25 bits per heavy atom. The van der Waals surface area contributed by atoms with Crippen LogP contribution in [0.15, 0.2) is 0 Å². The molecular weight excluding hydrogens is 152 g/mol. The van der Waals surface area contributed by atoms with Gasteiger partial charge in [0.2, 0.25) is 0 Å². The second-order valence-corrected chi connectivity index (χ2v) is 4.15. The molecule has 2 heteroatoms. The van der Waals surface area contributed by atoms with Gasteiger partial charge in [-0.3, -0.25) is 4.79 Å². The van der Waals surface area contributed by atoms with Gasteiger partial charge >= 0.3 is 0 Å². The van der Waals surface area contributed by atoms with Gasteiger partial charge < -0.3 is 5.11 Å². The molecule has 2 fully saturated rings. The fourth-order valence-corrected chi connectivity index (χ4v) is 2.85. The monoisotopic (exact) mass is 168 g/mol. The first-order chi connectivity index (χ1) is 5.74. The van der Waals surface area contributed by atoms with Crippen LogP contribution in [0.1, 0.15) is 32.6 Å². The zero-order chi connectivity index (χ0) is 8.72. The van der Waals surface area contributed by atoms with E-state index in [9.17, 15) is 9.90 Å². The highest BCUT2D eigenvalue weighted by Crippen LogP contribution is 2.47. The summed E-state index contributed by atoms with van der Waals surface area (Å²) in [4.78, 5) is 11.5. The molecule has 68 valence electrons. The Labute approximate surface area is 73.0 Å². The molecule has 2 aliphatic carbocycles. The van der Waals surface area contributed by atoms with Crippen molar-refractivity contribution in [1.29, 1.82) is 0 Å². The number of carbonyl (C=O) groups is 1. The van der Waals surface area contributed by atoms with Gasteiger partial charge in [-0.15, -0.1) is 0 Å². The standard InChI is InChI=1S/C10H16O2/c1-2-7-9-5-6(11)3-4-8(9)10(7)12/h6-9,11H,2-5H2,1H3. The van der Waals surface area contributed by atoms with Gasteiger partial charge in [-0.1, -0.05) is 6.92 Å². The number of hydrogen-bond acceptors (Lipinski definition) is 2. The van der Waals surface area contributed by atoms with Gasteiger partial charge in [-0.2, -0.15) is 0 Å². The lowest BCUT2D eigenvalue weighted by molar-refractivity contribution is -0.149. The molecule has 0 aromatic rings. The molecule has 0 spiro atoms. The number of Topliss-reactive ketones (excluding diaryl/α,β-unsaturated/α-hetero) is 1. The summed E-state index contributed by atoms with van der Waals surface area (Å²) in [5.41, 5.74) is 0. The first-order valence-electron chi connectivity index (χ1n) is 4.95. The van der Waals surface area contributed by atoms with Crippen LogP contribution < -0.4 is 0 Å². The summed E-state index contributed by atoms with van der Waals surface area (Å²) in [6, 6.07) is 0. The van der Waals surface area contributed by atoms with Crippen LogP contribution in [0.3, 0.4) is 0 Å². The van der Waals surface area contributed by atoms with Crippen molar-refractivity contribution in [2.24, 2.45) is 17.8 Å². The maximum Gasteiger partial charge on any atom is 0.139 e. The maximum atomic E-state index is 11.5. The predicted octanol–water partition coefficient (Wildman–Crippen LogP) is 1.37. The Morgan fingerprint density at radius 1 is 1.50 bits per heavy atom. The normalized spacial score (nSPS) is 46.7. The van der Waals surface area contributed by atoms with Crippen molar-refractivity contribution in [3.63, 3.8) is 0 Å². The van der Waals surface area contributed by atoms with Crippen molar-refractivity contribution in [3.05, 3.63) is 0 Å². The molecule has 4 unspecified atom stereocenters. The Hall–Kier alpha value is -0.370. The number of aliphatic hydroxyl groups excluding tert-OH is 1. The van der Waals surface area contributed by atoms with E-state index in [1.165, 1.54) is 0 Å². The fraction of sp³-hybridized carbons (Fsp3) is 0.900. The summed E-state index contributed by atoms with van der Waals surface area (Å²) in [7, 11) is 0. The van der Waals surface area contributed by atoms with E-state index in [4.69, 9.17) is 0 Å². The van der Waals surface area contributed by atoms with Crippen LogP contribution >= 0.6 is 0 Å². The molecule has 0 aromatic heterocycles. The van der Waals surface area contributed by atoms with Gasteiger partial charge in [0.1, 0.15) is 5.78 Å². The van der Waals surface area contributed by atoms with Gasteiger partial charge in [0.25, 0.3) is 0 Å². The van der Waals surface area contributed by atoms with Crippen LogP contribution in [-0.2, 0) is 4.79 Å². The van der Waals surface area contributed by atoms with Crippen LogP contribution in [0, 0.1) is 17.8 Å². The highest BCUT2D eigenvalue weighted by atomic mass is 16.3. The molecule has 0 bridgehead atoms. The first kappa shape index (κ1) is 8.24. The SMILES string of the molecule is CCC1C(=O)C2CCC(O)CC12. The lowest BCUT2D eigenvalue weighted by atomic mass is 9.56. The Bertz CT molecular complexity index is 192. The van der Waals surface area contributed by atoms with Crippen LogP contribution in [0.5, 0.6) is 0 Å². The largest absolute Gasteiger partial charge is 0.393 e. The number of hydrogen-bond donors (Lipinski definition) is 1. The Morgan fingerprint density at radius 3 is 2.92 bits per heavy atom. The van der Waals surface area contributed by atoms with Crippen LogP contribution in [0.4, 0.5) is 0 Å². The van der Waals surface area contributed by atoms with E-state index in [-0.39, 0.29) is 12.0 Å². The van der Waals surface area contributed by atoms with Crippen molar-refractivity contribution in [2.45, 2.75) is 38.7 Å². The van der Waals surface area contributed by atoms with E-state index < -0.39 is 0 Å². The van der Waals surface area contributed by atoms with E-state index in [1.54, 1.807) is 0 Å². The third-order valence-electron chi connectivity index (χ3n) is 3.56. The molecule has 2 rings (SSSR count).